The van der Waals surface area contributed by atoms with E-state index < -0.39 is 11.7 Å². The second-order valence-corrected chi connectivity index (χ2v) is 8.49. The van der Waals surface area contributed by atoms with Gasteiger partial charge in [-0.2, -0.15) is 19.0 Å². The highest BCUT2D eigenvalue weighted by atomic mass is 31.0. The molecule has 1 aromatic carbocycles. The summed E-state index contributed by atoms with van der Waals surface area (Å²) in [5, 5.41) is 11.7. The SMILES string of the molecule is CC.CCC(N)C(=O)Nc1c(C)c(-c2cnc3c(c2)c(C(F)(F)P)nn3C)nn1-c1ccccc1. The molecule has 0 bridgehead atoms. The van der Waals surface area contributed by atoms with E-state index in [2.05, 4.69) is 15.4 Å². The van der Waals surface area contributed by atoms with Crippen LogP contribution in [-0.4, -0.2) is 36.5 Å². The van der Waals surface area contributed by atoms with Crippen molar-refractivity contribution in [1.29, 1.82) is 0 Å². The van der Waals surface area contributed by atoms with E-state index in [1.165, 1.54) is 13.9 Å². The zero-order valence-corrected chi connectivity index (χ0v) is 21.5. The molecule has 0 aliphatic rings. The number of benzene rings is 1. The van der Waals surface area contributed by atoms with Crippen molar-refractivity contribution < 1.29 is 13.6 Å². The summed E-state index contributed by atoms with van der Waals surface area (Å²) in [5.41, 5.74) is 5.03. The van der Waals surface area contributed by atoms with Crippen molar-refractivity contribution in [3.63, 3.8) is 0 Å². The van der Waals surface area contributed by atoms with Crippen molar-refractivity contribution in [2.45, 2.75) is 45.8 Å². The number of alkyl halides is 2. The van der Waals surface area contributed by atoms with Gasteiger partial charge in [0, 0.05) is 29.8 Å². The molecule has 8 nitrogen and oxygen atoms in total. The van der Waals surface area contributed by atoms with Crippen molar-refractivity contribution >= 4 is 32.0 Å². The minimum absolute atomic E-state index is 0.224. The van der Waals surface area contributed by atoms with E-state index in [1.54, 1.807) is 30.9 Å². The maximum absolute atomic E-state index is 14.1. The number of aryl methyl sites for hydroxylation is 1. The number of carbonyl (C=O) groups is 1. The van der Waals surface area contributed by atoms with Crippen LogP contribution in [0.15, 0.2) is 42.6 Å². The van der Waals surface area contributed by atoms with E-state index in [9.17, 15) is 13.6 Å². The zero-order valence-electron chi connectivity index (χ0n) is 20.4. The Bertz CT molecular complexity index is 1330. The lowest BCUT2D eigenvalue weighted by Crippen LogP contribution is -2.35. The van der Waals surface area contributed by atoms with Crippen LogP contribution in [0.5, 0.6) is 0 Å². The maximum atomic E-state index is 14.1. The number of aromatic nitrogens is 5. The number of nitrogens with one attached hydrogen (secondary N) is 1. The molecule has 0 fully saturated rings. The number of hydrogen-bond donors (Lipinski definition) is 2. The normalized spacial score (nSPS) is 12.3. The van der Waals surface area contributed by atoms with Gasteiger partial charge in [-0.1, -0.05) is 48.2 Å². The Morgan fingerprint density at radius 1 is 1.23 bits per heavy atom. The van der Waals surface area contributed by atoms with Crippen LogP contribution in [0.1, 0.15) is 38.4 Å². The van der Waals surface area contributed by atoms with Crippen LogP contribution in [0, 0.1) is 6.92 Å². The molecular weight excluding hydrogens is 471 g/mol. The van der Waals surface area contributed by atoms with Gasteiger partial charge in [-0.05, 0) is 31.5 Å². The Hall–Kier alpha value is -3.23. The summed E-state index contributed by atoms with van der Waals surface area (Å²) in [6, 6.07) is 10.2. The third-order valence-corrected chi connectivity index (χ3v) is 5.68. The van der Waals surface area contributed by atoms with E-state index in [0.29, 0.717) is 34.7 Å². The molecule has 3 aromatic heterocycles. The average Bonchev–Trinajstić information content (AvgIpc) is 3.37. The Morgan fingerprint density at radius 3 is 2.49 bits per heavy atom. The Balaban J connectivity index is 0.00000167. The summed E-state index contributed by atoms with van der Waals surface area (Å²) in [4.78, 5) is 16.9. The summed E-state index contributed by atoms with van der Waals surface area (Å²) >= 11 is 0. The number of nitrogens with two attached hydrogens (primary N) is 1. The summed E-state index contributed by atoms with van der Waals surface area (Å²) < 4.78 is 31.2. The number of amides is 1. The third-order valence-electron chi connectivity index (χ3n) is 5.41. The number of carbonyl (C=O) groups excluding carboxylic acids is 1. The van der Waals surface area contributed by atoms with Gasteiger partial charge < -0.3 is 11.1 Å². The Labute approximate surface area is 205 Å². The number of nitrogens with zero attached hydrogens (tertiary/aromatic N) is 5. The van der Waals surface area contributed by atoms with Crippen LogP contribution in [-0.2, 0) is 17.5 Å². The van der Waals surface area contributed by atoms with Gasteiger partial charge in [-0.3, -0.25) is 4.79 Å². The van der Waals surface area contributed by atoms with Crippen molar-refractivity contribution in [2.75, 3.05) is 5.32 Å². The molecule has 11 heteroatoms. The fraction of sp³-hybridized carbons (Fsp3) is 0.333. The summed E-state index contributed by atoms with van der Waals surface area (Å²) in [6.07, 6.45) is 2.04. The first kappa shape index (κ1) is 26.4. The molecule has 2 unspecified atom stereocenters. The summed E-state index contributed by atoms with van der Waals surface area (Å²) in [7, 11) is 3.08. The van der Waals surface area contributed by atoms with Crippen LogP contribution in [0.4, 0.5) is 14.6 Å². The molecular formula is C24H30F2N7OP. The molecule has 0 aliphatic heterocycles. The maximum Gasteiger partial charge on any atom is 0.302 e. The number of fused-ring (bicyclic) bond motifs is 1. The zero-order chi connectivity index (χ0) is 25.9. The number of hydrogen-bond acceptors (Lipinski definition) is 5. The molecule has 3 heterocycles. The van der Waals surface area contributed by atoms with Crippen molar-refractivity contribution in [3.05, 3.63) is 53.9 Å². The number of anilines is 1. The summed E-state index contributed by atoms with van der Waals surface area (Å²) in [5.74, 6) is 0.114. The van der Waals surface area contributed by atoms with Gasteiger partial charge in [0.15, 0.2) is 5.65 Å². The first-order valence-corrected chi connectivity index (χ1v) is 11.9. The molecule has 0 saturated heterocycles. The third kappa shape index (κ3) is 5.23. The lowest BCUT2D eigenvalue weighted by atomic mass is 10.1. The monoisotopic (exact) mass is 501 g/mol. The lowest BCUT2D eigenvalue weighted by Gasteiger charge is -2.13. The topological polar surface area (TPSA) is 104 Å². The minimum atomic E-state index is -3.21. The molecule has 2 atom stereocenters. The second kappa shape index (κ2) is 10.6. The highest BCUT2D eigenvalue weighted by Crippen LogP contribution is 2.39. The smallest absolute Gasteiger partial charge is 0.302 e. The standard InChI is InChI=1S/C22H24F2N7OP.C2H6/c1-4-16(25)21(32)27-19-12(2)17(28-31(19)14-8-6-5-7-9-14)13-10-15-18(22(23,24)33)29-30(3)20(15)26-11-13;1-2/h5-11,16H,4,25,33H2,1-3H3,(H,27,32);1-2H3. The molecule has 0 radical (unpaired) electrons. The van der Waals surface area contributed by atoms with Crippen LogP contribution >= 0.6 is 9.24 Å². The van der Waals surface area contributed by atoms with Crippen molar-refractivity contribution in [3.8, 4) is 16.9 Å². The molecule has 4 aromatic rings. The molecule has 0 saturated carbocycles. The fourth-order valence-electron chi connectivity index (χ4n) is 3.58. The Kier molecular flexibility index (Phi) is 7.97. The van der Waals surface area contributed by atoms with Gasteiger partial charge in [-0.15, -0.1) is 0 Å². The molecule has 35 heavy (non-hydrogen) atoms. The Morgan fingerprint density at radius 2 is 1.89 bits per heavy atom. The molecule has 0 spiro atoms. The number of para-hydroxylation sites is 1. The summed E-state index contributed by atoms with van der Waals surface area (Å²) in [6.45, 7) is 7.62. The van der Waals surface area contributed by atoms with Gasteiger partial charge in [-0.25, -0.2) is 14.3 Å². The molecule has 186 valence electrons. The predicted octanol–water partition coefficient (Wildman–Crippen LogP) is 4.76. The van der Waals surface area contributed by atoms with E-state index in [-0.39, 0.29) is 17.0 Å². The number of rotatable bonds is 6. The van der Waals surface area contributed by atoms with Gasteiger partial charge in [0.1, 0.15) is 11.5 Å². The second-order valence-electron chi connectivity index (χ2n) is 7.76. The van der Waals surface area contributed by atoms with Gasteiger partial charge >= 0.3 is 5.66 Å². The molecule has 1 amide bonds. The van der Waals surface area contributed by atoms with Crippen LogP contribution in [0.25, 0.3) is 28.0 Å². The van der Waals surface area contributed by atoms with E-state index in [0.717, 1.165) is 5.69 Å². The van der Waals surface area contributed by atoms with Gasteiger partial charge in [0.05, 0.1) is 17.4 Å². The molecule has 3 N–H and O–H groups in total. The molecule has 4 rings (SSSR count). The van der Waals surface area contributed by atoms with Crippen LogP contribution < -0.4 is 11.1 Å². The number of pyridine rings is 1. The van der Waals surface area contributed by atoms with Crippen molar-refractivity contribution in [1.82, 2.24) is 24.5 Å². The number of halogens is 2. The highest BCUT2D eigenvalue weighted by molar-refractivity contribution is 7.17. The highest BCUT2D eigenvalue weighted by Gasteiger charge is 2.32. The lowest BCUT2D eigenvalue weighted by molar-refractivity contribution is -0.117. The quantitative estimate of drug-likeness (QED) is 0.371. The van der Waals surface area contributed by atoms with Gasteiger partial charge in [0.2, 0.25) is 5.91 Å². The fourth-order valence-corrected chi connectivity index (χ4v) is 3.80. The first-order chi connectivity index (χ1) is 16.6. The molecule has 0 aliphatic carbocycles. The predicted molar refractivity (Wildman–Crippen MR) is 138 cm³/mol. The van der Waals surface area contributed by atoms with E-state index in [4.69, 9.17) is 10.8 Å². The van der Waals surface area contributed by atoms with Crippen LogP contribution in [0.3, 0.4) is 0 Å². The van der Waals surface area contributed by atoms with Crippen molar-refractivity contribution in [2.24, 2.45) is 12.8 Å². The average molecular weight is 502 g/mol. The van der Waals surface area contributed by atoms with Crippen LogP contribution in [0.2, 0.25) is 0 Å². The van der Waals surface area contributed by atoms with Gasteiger partial charge in [0.25, 0.3) is 0 Å². The first-order valence-electron chi connectivity index (χ1n) is 11.3. The minimum Gasteiger partial charge on any atom is -0.320 e. The van der Waals surface area contributed by atoms with E-state index in [1.807, 2.05) is 51.1 Å². The van der Waals surface area contributed by atoms with E-state index >= 15 is 0 Å². The largest absolute Gasteiger partial charge is 0.320 e.